The quantitative estimate of drug-likeness (QED) is 0.903. The molecule has 2 rings (SSSR count). The van der Waals surface area contributed by atoms with E-state index >= 15 is 0 Å². The summed E-state index contributed by atoms with van der Waals surface area (Å²) in [4.78, 5) is 0. The Balaban J connectivity index is 1.86. The first-order valence-electron chi connectivity index (χ1n) is 6.96. The van der Waals surface area contributed by atoms with E-state index in [-0.39, 0.29) is 12.4 Å². The van der Waals surface area contributed by atoms with Gasteiger partial charge in [0.25, 0.3) is 10.2 Å². The molecule has 1 aromatic rings. The van der Waals surface area contributed by atoms with E-state index in [0.717, 1.165) is 18.4 Å². The lowest BCUT2D eigenvalue weighted by Gasteiger charge is -2.29. The molecule has 1 fully saturated rings. The number of halogens is 1. The normalized spacial score (nSPS) is 21.0. The highest BCUT2D eigenvalue weighted by Crippen LogP contribution is 2.17. The van der Waals surface area contributed by atoms with Crippen LogP contribution >= 0.6 is 0 Å². The lowest BCUT2D eigenvalue weighted by atomic mass is 10.0. The van der Waals surface area contributed by atoms with Gasteiger partial charge in [0.05, 0.1) is 0 Å². The van der Waals surface area contributed by atoms with Crippen LogP contribution in [0.15, 0.2) is 24.3 Å². The molecule has 1 aromatic carbocycles. The number of piperidine rings is 1. The molecule has 6 heteroatoms. The second-order valence-corrected chi connectivity index (χ2v) is 7.14. The maximum Gasteiger partial charge on any atom is 0.279 e. The van der Waals surface area contributed by atoms with E-state index in [2.05, 4.69) is 11.6 Å². The van der Waals surface area contributed by atoms with Gasteiger partial charge in [-0.25, -0.2) is 9.11 Å². The third-order valence-corrected chi connectivity index (χ3v) is 5.13. The highest BCUT2D eigenvalue weighted by Gasteiger charge is 2.26. The van der Waals surface area contributed by atoms with Gasteiger partial charge in [0.2, 0.25) is 0 Å². The number of nitrogens with one attached hydrogen (secondary N) is 1. The molecule has 0 aliphatic carbocycles. The molecule has 0 aromatic heterocycles. The van der Waals surface area contributed by atoms with Gasteiger partial charge in [-0.15, -0.1) is 0 Å². The number of nitrogens with zero attached hydrogens (tertiary/aromatic N) is 1. The van der Waals surface area contributed by atoms with Gasteiger partial charge in [-0.2, -0.15) is 12.7 Å². The molecule has 1 aliphatic rings. The smallest absolute Gasteiger partial charge is 0.207 e. The van der Waals surface area contributed by atoms with Crippen molar-refractivity contribution in [3.05, 3.63) is 35.6 Å². The average Bonchev–Trinajstić information content (AvgIpc) is 2.38. The van der Waals surface area contributed by atoms with Gasteiger partial charge in [-0.05, 0) is 42.9 Å². The van der Waals surface area contributed by atoms with E-state index in [1.54, 1.807) is 12.1 Å². The van der Waals surface area contributed by atoms with Gasteiger partial charge in [-0.3, -0.25) is 0 Å². The van der Waals surface area contributed by atoms with Crippen LogP contribution in [0, 0.1) is 11.7 Å². The Hall–Kier alpha value is -0.980. The Morgan fingerprint density at radius 3 is 2.95 bits per heavy atom. The van der Waals surface area contributed by atoms with Crippen LogP contribution in [0.1, 0.15) is 25.3 Å². The summed E-state index contributed by atoms with van der Waals surface area (Å²) in [5.74, 6) is 0.110. The first kappa shape index (κ1) is 15.4. The summed E-state index contributed by atoms with van der Waals surface area (Å²) in [6.45, 7) is 3.51. The van der Waals surface area contributed by atoms with E-state index in [1.807, 2.05) is 0 Å². The van der Waals surface area contributed by atoms with E-state index < -0.39 is 10.2 Å². The molecule has 0 radical (unpaired) electrons. The zero-order valence-electron chi connectivity index (χ0n) is 11.7. The third kappa shape index (κ3) is 4.26. The topological polar surface area (TPSA) is 49.4 Å². The SMILES string of the molecule is CC1CCCN(S(=O)(=O)NCCc2cccc(F)c2)C1. The number of rotatable bonds is 5. The Bertz CT molecular complexity index is 548. The third-order valence-electron chi connectivity index (χ3n) is 3.55. The van der Waals surface area contributed by atoms with Crippen molar-refractivity contribution in [2.45, 2.75) is 26.2 Å². The summed E-state index contributed by atoms with van der Waals surface area (Å²) in [7, 11) is -3.41. The maximum atomic E-state index is 13.0. The highest BCUT2D eigenvalue weighted by atomic mass is 32.2. The molecule has 1 atom stereocenters. The monoisotopic (exact) mass is 300 g/mol. The molecule has 1 unspecified atom stereocenters. The Labute approximate surface area is 120 Å². The molecule has 20 heavy (non-hydrogen) atoms. The molecule has 0 amide bonds. The standard InChI is InChI=1S/C14H21FN2O2S/c1-12-4-3-9-17(11-12)20(18,19)16-8-7-13-5-2-6-14(15)10-13/h2,5-6,10,12,16H,3-4,7-9,11H2,1H3. The molecular weight excluding hydrogens is 279 g/mol. The van der Waals surface area contributed by atoms with Crippen LogP contribution in [-0.2, 0) is 16.6 Å². The Kier molecular flexibility index (Phi) is 5.12. The van der Waals surface area contributed by atoms with Crippen LogP contribution in [0.2, 0.25) is 0 Å². The first-order valence-corrected chi connectivity index (χ1v) is 8.40. The van der Waals surface area contributed by atoms with Crippen molar-refractivity contribution < 1.29 is 12.8 Å². The van der Waals surface area contributed by atoms with Crippen molar-refractivity contribution in [3.8, 4) is 0 Å². The maximum absolute atomic E-state index is 13.0. The lowest BCUT2D eigenvalue weighted by Crippen LogP contribution is -2.46. The first-order chi connectivity index (χ1) is 9.47. The summed E-state index contributed by atoms with van der Waals surface area (Å²) in [6, 6.07) is 6.23. The van der Waals surface area contributed by atoms with Crippen LogP contribution in [0.4, 0.5) is 4.39 Å². The predicted octanol–water partition coefficient (Wildman–Crippen LogP) is 1.93. The van der Waals surface area contributed by atoms with Gasteiger partial charge in [0, 0.05) is 19.6 Å². The number of hydrogen-bond donors (Lipinski definition) is 1. The van der Waals surface area contributed by atoms with Gasteiger partial charge in [-0.1, -0.05) is 19.1 Å². The Morgan fingerprint density at radius 1 is 1.45 bits per heavy atom. The minimum atomic E-state index is -3.41. The second kappa shape index (κ2) is 6.65. The summed E-state index contributed by atoms with van der Waals surface area (Å²) in [5, 5.41) is 0. The Morgan fingerprint density at radius 2 is 2.25 bits per heavy atom. The van der Waals surface area contributed by atoms with Crippen molar-refractivity contribution in [2.75, 3.05) is 19.6 Å². The van der Waals surface area contributed by atoms with E-state index in [1.165, 1.54) is 16.4 Å². The van der Waals surface area contributed by atoms with Gasteiger partial charge >= 0.3 is 0 Å². The van der Waals surface area contributed by atoms with Gasteiger partial charge < -0.3 is 0 Å². The van der Waals surface area contributed by atoms with Gasteiger partial charge in [0.1, 0.15) is 5.82 Å². The molecule has 0 bridgehead atoms. The average molecular weight is 300 g/mol. The van der Waals surface area contributed by atoms with E-state index in [0.29, 0.717) is 25.4 Å². The molecular formula is C14H21FN2O2S. The molecule has 4 nitrogen and oxygen atoms in total. The molecule has 112 valence electrons. The lowest BCUT2D eigenvalue weighted by molar-refractivity contribution is 0.278. The minimum Gasteiger partial charge on any atom is -0.207 e. The molecule has 0 saturated carbocycles. The zero-order valence-corrected chi connectivity index (χ0v) is 12.5. The predicted molar refractivity (Wildman–Crippen MR) is 77.0 cm³/mol. The molecule has 0 spiro atoms. The van der Waals surface area contributed by atoms with Crippen molar-refractivity contribution >= 4 is 10.2 Å². The fourth-order valence-corrected chi connectivity index (χ4v) is 3.84. The van der Waals surface area contributed by atoms with Crippen molar-refractivity contribution in [3.63, 3.8) is 0 Å². The zero-order chi connectivity index (χ0) is 14.6. The van der Waals surface area contributed by atoms with E-state index in [9.17, 15) is 12.8 Å². The van der Waals surface area contributed by atoms with Crippen LogP contribution in [0.3, 0.4) is 0 Å². The van der Waals surface area contributed by atoms with Crippen LogP contribution in [0.5, 0.6) is 0 Å². The van der Waals surface area contributed by atoms with Gasteiger partial charge in [0.15, 0.2) is 0 Å². The largest absolute Gasteiger partial charge is 0.279 e. The summed E-state index contributed by atoms with van der Waals surface area (Å²) < 4.78 is 41.4. The fraction of sp³-hybridized carbons (Fsp3) is 0.571. The number of hydrogen-bond acceptors (Lipinski definition) is 2. The van der Waals surface area contributed by atoms with Crippen LogP contribution < -0.4 is 4.72 Å². The number of benzene rings is 1. The second-order valence-electron chi connectivity index (χ2n) is 5.38. The highest BCUT2D eigenvalue weighted by molar-refractivity contribution is 7.87. The van der Waals surface area contributed by atoms with Crippen LogP contribution in [0.25, 0.3) is 0 Å². The van der Waals surface area contributed by atoms with Crippen LogP contribution in [-0.4, -0.2) is 32.4 Å². The minimum absolute atomic E-state index is 0.288. The molecule has 1 heterocycles. The summed E-state index contributed by atoms with van der Waals surface area (Å²) in [5.41, 5.74) is 0.791. The van der Waals surface area contributed by atoms with Crippen molar-refractivity contribution in [1.82, 2.24) is 9.03 Å². The molecule has 1 saturated heterocycles. The fourth-order valence-electron chi connectivity index (χ4n) is 2.47. The van der Waals surface area contributed by atoms with E-state index in [4.69, 9.17) is 0 Å². The molecule has 1 aliphatic heterocycles. The van der Waals surface area contributed by atoms with Crippen molar-refractivity contribution in [1.29, 1.82) is 0 Å². The summed E-state index contributed by atoms with van der Waals surface area (Å²) >= 11 is 0. The molecule has 1 N–H and O–H groups in total. The summed E-state index contributed by atoms with van der Waals surface area (Å²) in [6.07, 6.45) is 2.47. The van der Waals surface area contributed by atoms with Crippen molar-refractivity contribution in [2.24, 2.45) is 5.92 Å².